The van der Waals surface area contributed by atoms with Crippen LogP contribution in [0, 0.1) is 0 Å². The number of rotatable bonds is 7. The first-order valence-electron chi connectivity index (χ1n) is 7.17. The topological polar surface area (TPSA) is 110 Å². The standard InChI is InChI=1S/C14H26N6O/c1-5-6-7-20(9-10(15)21)12-8-11(19-16)17-13(18-12)14(2,3)4/h8H,5-7,9,16H2,1-4H3,(H2,15,21)(H,17,18,19). The number of nitrogens with zero attached hydrogens (tertiary/aromatic N) is 3. The SMILES string of the molecule is CCCCN(CC(N)=O)c1cc(NN)nc(C(C)(C)C)n1. The van der Waals surface area contributed by atoms with Gasteiger partial charge in [-0.15, -0.1) is 0 Å². The number of unbranched alkanes of at least 4 members (excludes halogenated alkanes) is 1. The number of hydrazine groups is 1. The van der Waals surface area contributed by atoms with Gasteiger partial charge < -0.3 is 16.1 Å². The molecule has 7 nitrogen and oxygen atoms in total. The van der Waals surface area contributed by atoms with E-state index in [2.05, 4.69) is 22.3 Å². The summed E-state index contributed by atoms with van der Waals surface area (Å²) in [5.41, 5.74) is 7.67. The minimum Gasteiger partial charge on any atom is -0.368 e. The molecule has 0 saturated heterocycles. The van der Waals surface area contributed by atoms with Crippen LogP contribution in [-0.4, -0.2) is 29.0 Å². The average molecular weight is 294 g/mol. The Balaban J connectivity index is 3.19. The molecule has 0 aromatic carbocycles. The highest BCUT2D eigenvalue weighted by Crippen LogP contribution is 2.24. The minimum absolute atomic E-state index is 0.130. The van der Waals surface area contributed by atoms with Crippen LogP contribution in [-0.2, 0) is 10.2 Å². The third-order valence-electron chi connectivity index (χ3n) is 2.98. The van der Waals surface area contributed by atoms with Gasteiger partial charge in [-0.3, -0.25) is 4.79 Å². The lowest BCUT2D eigenvalue weighted by Gasteiger charge is -2.25. The second kappa shape index (κ2) is 7.21. The van der Waals surface area contributed by atoms with Gasteiger partial charge in [-0.05, 0) is 6.42 Å². The van der Waals surface area contributed by atoms with E-state index in [1.54, 1.807) is 6.07 Å². The van der Waals surface area contributed by atoms with E-state index in [-0.39, 0.29) is 17.9 Å². The van der Waals surface area contributed by atoms with Crippen LogP contribution in [0.3, 0.4) is 0 Å². The lowest BCUT2D eigenvalue weighted by molar-refractivity contribution is -0.116. The Morgan fingerprint density at radius 2 is 2.05 bits per heavy atom. The number of nitrogens with one attached hydrogen (secondary N) is 1. The molecule has 1 heterocycles. The van der Waals surface area contributed by atoms with Crippen LogP contribution in [0.15, 0.2) is 6.07 Å². The summed E-state index contributed by atoms with van der Waals surface area (Å²) in [4.78, 5) is 22.1. The second-order valence-corrected chi connectivity index (χ2v) is 6.07. The van der Waals surface area contributed by atoms with Crippen molar-refractivity contribution in [2.75, 3.05) is 23.4 Å². The van der Waals surface area contributed by atoms with Crippen LogP contribution in [0.25, 0.3) is 0 Å². The van der Waals surface area contributed by atoms with Gasteiger partial charge in [-0.25, -0.2) is 15.8 Å². The fourth-order valence-corrected chi connectivity index (χ4v) is 1.82. The van der Waals surface area contributed by atoms with Crippen molar-refractivity contribution < 1.29 is 4.79 Å². The number of hydrogen-bond acceptors (Lipinski definition) is 6. The van der Waals surface area contributed by atoms with Gasteiger partial charge in [-0.2, -0.15) is 0 Å². The van der Waals surface area contributed by atoms with Crippen molar-refractivity contribution in [2.45, 2.75) is 46.0 Å². The highest BCUT2D eigenvalue weighted by molar-refractivity contribution is 5.79. The molecular weight excluding hydrogens is 268 g/mol. The third kappa shape index (κ3) is 5.18. The Bertz CT molecular complexity index is 483. The molecule has 0 bridgehead atoms. The van der Waals surface area contributed by atoms with E-state index in [1.807, 2.05) is 25.7 Å². The molecular formula is C14H26N6O. The number of anilines is 2. The molecule has 1 amide bonds. The number of primary amides is 1. The quantitative estimate of drug-likeness (QED) is 0.514. The van der Waals surface area contributed by atoms with E-state index in [0.29, 0.717) is 24.0 Å². The normalized spacial score (nSPS) is 11.3. The second-order valence-electron chi connectivity index (χ2n) is 6.07. The first-order valence-corrected chi connectivity index (χ1v) is 7.17. The van der Waals surface area contributed by atoms with Gasteiger partial charge in [0.2, 0.25) is 5.91 Å². The Hall–Kier alpha value is -1.89. The molecule has 1 rings (SSSR count). The molecule has 0 saturated carbocycles. The number of carbonyl (C=O) groups excluding carboxylic acids is 1. The largest absolute Gasteiger partial charge is 0.368 e. The minimum atomic E-state index is -0.385. The van der Waals surface area contributed by atoms with E-state index in [1.165, 1.54) is 0 Å². The maximum Gasteiger partial charge on any atom is 0.236 e. The Morgan fingerprint density at radius 1 is 1.38 bits per heavy atom. The summed E-state index contributed by atoms with van der Waals surface area (Å²) in [6.07, 6.45) is 1.97. The van der Waals surface area contributed by atoms with Gasteiger partial charge in [-0.1, -0.05) is 34.1 Å². The smallest absolute Gasteiger partial charge is 0.236 e. The molecule has 0 fully saturated rings. The van der Waals surface area contributed by atoms with E-state index < -0.39 is 0 Å². The Labute approximate surface area is 126 Å². The molecule has 0 aliphatic rings. The van der Waals surface area contributed by atoms with Gasteiger partial charge in [0.15, 0.2) is 0 Å². The van der Waals surface area contributed by atoms with Gasteiger partial charge >= 0.3 is 0 Å². The fourth-order valence-electron chi connectivity index (χ4n) is 1.82. The maximum absolute atomic E-state index is 11.3. The molecule has 0 atom stereocenters. The van der Waals surface area contributed by atoms with Crippen molar-refractivity contribution >= 4 is 17.5 Å². The van der Waals surface area contributed by atoms with Crippen LogP contribution in [0.4, 0.5) is 11.6 Å². The Morgan fingerprint density at radius 3 is 2.52 bits per heavy atom. The van der Waals surface area contributed by atoms with Crippen LogP contribution in [0.5, 0.6) is 0 Å². The number of hydrogen-bond donors (Lipinski definition) is 3. The van der Waals surface area contributed by atoms with Crippen molar-refractivity contribution in [3.8, 4) is 0 Å². The molecule has 0 aliphatic carbocycles. The monoisotopic (exact) mass is 294 g/mol. The van der Waals surface area contributed by atoms with Gasteiger partial charge in [0.25, 0.3) is 0 Å². The van der Waals surface area contributed by atoms with Crippen LogP contribution in [0.1, 0.15) is 46.4 Å². The molecule has 21 heavy (non-hydrogen) atoms. The van der Waals surface area contributed by atoms with Crippen molar-refractivity contribution in [1.82, 2.24) is 9.97 Å². The van der Waals surface area contributed by atoms with Gasteiger partial charge in [0.05, 0.1) is 6.54 Å². The molecule has 1 aromatic rings. The fraction of sp³-hybridized carbons (Fsp3) is 0.643. The highest BCUT2D eigenvalue weighted by atomic mass is 16.1. The lowest BCUT2D eigenvalue weighted by Crippen LogP contribution is -2.36. The first kappa shape index (κ1) is 17.2. The van der Waals surface area contributed by atoms with Crippen molar-refractivity contribution in [2.24, 2.45) is 11.6 Å². The summed E-state index contributed by atoms with van der Waals surface area (Å²) in [5.74, 6) is 6.95. The average Bonchev–Trinajstić information content (AvgIpc) is 2.41. The summed E-state index contributed by atoms with van der Waals surface area (Å²) in [6, 6.07) is 1.73. The summed E-state index contributed by atoms with van der Waals surface area (Å²) >= 11 is 0. The third-order valence-corrected chi connectivity index (χ3v) is 2.98. The zero-order valence-electron chi connectivity index (χ0n) is 13.3. The van der Waals surface area contributed by atoms with E-state index in [4.69, 9.17) is 11.6 Å². The van der Waals surface area contributed by atoms with E-state index in [9.17, 15) is 4.79 Å². The summed E-state index contributed by atoms with van der Waals surface area (Å²) in [6.45, 7) is 9.01. The predicted molar refractivity (Wildman–Crippen MR) is 84.9 cm³/mol. The van der Waals surface area contributed by atoms with Gasteiger partial charge in [0.1, 0.15) is 17.5 Å². The number of aromatic nitrogens is 2. The molecule has 0 radical (unpaired) electrons. The van der Waals surface area contributed by atoms with Gasteiger partial charge in [0, 0.05) is 18.0 Å². The zero-order chi connectivity index (χ0) is 16.0. The van der Waals surface area contributed by atoms with Crippen LogP contribution < -0.4 is 21.9 Å². The summed E-state index contributed by atoms with van der Waals surface area (Å²) in [5, 5.41) is 0. The first-order chi connectivity index (χ1) is 9.77. The molecule has 5 N–H and O–H groups in total. The summed E-state index contributed by atoms with van der Waals surface area (Å²) < 4.78 is 0. The molecule has 1 aromatic heterocycles. The van der Waals surface area contributed by atoms with Crippen molar-refractivity contribution in [3.05, 3.63) is 11.9 Å². The maximum atomic E-state index is 11.3. The highest BCUT2D eigenvalue weighted by Gasteiger charge is 2.21. The predicted octanol–water partition coefficient (Wildman–Crippen LogP) is 1.15. The molecule has 118 valence electrons. The number of carbonyl (C=O) groups is 1. The van der Waals surface area contributed by atoms with E-state index in [0.717, 1.165) is 12.8 Å². The summed E-state index contributed by atoms with van der Waals surface area (Å²) in [7, 11) is 0. The van der Waals surface area contributed by atoms with Crippen LogP contribution >= 0.6 is 0 Å². The van der Waals surface area contributed by atoms with Crippen LogP contribution in [0.2, 0.25) is 0 Å². The molecule has 7 heteroatoms. The Kier molecular flexibility index (Phi) is 5.90. The van der Waals surface area contributed by atoms with E-state index >= 15 is 0 Å². The molecule has 0 spiro atoms. The molecule has 0 unspecified atom stereocenters. The number of nitrogens with two attached hydrogens (primary N) is 2. The lowest BCUT2D eigenvalue weighted by atomic mass is 9.96. The number of amides is 1. The van der Waals surface area contributed by atoms with Crippen molar-refractivity contribution in [3.63, 3.8) is 0 Å². The molecule has 0 aliphatic heterocycles. The van der Waals surface area contributed by atoms with Crippen molar-refractivity contribution in [1.29, 1.82) is 0 Å². The zero-order valence-corrected chi connectivity index (χ0v) is 13.3. The number of nitrogen functional groups attached to an aromatic ring is 1.